The van der Waals surface area contributed by atoms with Gasteiger partial charge in [-0.25, -0.2) is 17.5 Å². The van der Waals surface area contributed by atoms with Crippen molar-refractivity contribution in [2.24, 2.45) is 0 Å². The van der Waals surface area contributed by atoms with Gasteiger partial charge in [0.05, 0.1) is 6.42 Å². The minimum Gasteiger partial charge on any atom is -0.399 e. The van der Waals surface area contributed by atoms with Gasteiger partial charge in [0.15, 0.2) is 0 Å². The Morgan fingerprint density at radius 2 is 1.90 bits per heavy atom. The molecule has 0 heterocycles. The summed E-state index contributed by atoms with van der Waals surface area (Å²) in [6.07, 6.45) is -5.87. The highest BCUT2D eigenvalue weighted by atomic mass is 32.2. The van der Waals surface area contributed by atoms with Crippen LogP contribution in [0.5, 0.6) is 0 Å². The summed E-state index contributed by atoms with van der Waals surface area (Å²) in [5.74, 6) is -1.04. The second-order valence-electron chi connectivity index (χ2n) is 4.49. The van der Waals surface area contributed by atoms with Gasteiger partial charge in [-0.15, -0.1) is 0 Å². The van der Waals surface area contributed by atoms with Crippen LogP contribution in [0.4, 0.5) is 23.2 Å². The normalized spacial score (nSPS) is 14.3. The first-order chi connectivity index (χ1) is 8.92. The highest BCUT2D eigenvalue weighted by molar-refractivity contribution is 7.89. The highest BCUT2D eigenvalue weighted by Crippen LogP contribution is 2.24. The Bertz CT molecular complexity index is 599. The van der Waals surface area contributed by atoms with Crippen molar-refractivity contribution < 1.29 is 26.0 Å². The summed E-state index contributed by atoms with van der Waals surface area (Å²) in [5.41, 5.74) is 5.42. The smallest absolute Gasteiger partial charge is 0.390 e. The molecule has 1 rings (SSSR count). The fraction of sp³-hybridized carbons (Fsp3) is 0.455. The third-order valence-corrected chi connectivity index (χ3v) is 4.02. The van der Waals surface area contributed by atoms with Gasteiger partial charge >= 0.3 is 6.18 Å². The zero-order chi connectivity index (χ0) is 15.7. The predicted octanol–water partition coefficient (Wildman–Crippen LogP) is 2.34. The molecule has 4 nitrogen and oxygen atoms in total. The molecule has 1 unspecified atom stereocenters. The lowest BCUT2D eigenvalue weighted by atomic mass is 10.2. The molecule has 1 aromatic carbocycles. The lowest BCUT2D eigenvalue weighted by Gasteiger charge is -2.17. The molecule has 0 fully saturated rings. The number of nitrogen functional groups attached to an aromatic ring is 1. The fourth-order valence-corrected chi connectivity index (χ4v) is 3.11. The van der Waals surface area contributed by atoms with E-state index < -0.39 is 39.4 Å². The first kappa shape index (κ1) is 16.7. The average molecular weight is 314 g/mol. The van der Waals surface area contributed by atoms with Gasteiger partial charge in [-0.05, 0) is 31.5 Å². The molecule has 114 valence electrons. The molecule has 9 heteroatoms. The molecule has 0 aliphatic rings. The highest BCUT2D eigenvalue weighted by Gasteiger charge is 2.32. The number of hydrogen-bond donors (Lipinski definition) is 2. The summed E-state index contributed by atoms with van der Waals surface area (Å²) in [6, 6.07) is 0.680. The minimum absolute atomic E-state index is 0.00569. The number of sulfonamides is 1. The third kappa shape index (κ3) is 4.34. The molecule has 0 spiro atoms. The van der Waals surface area contributed by atoms with E-state index in [-0.39, 0.29) is 11.3 Å². The van der Waals surface area contributed by atoms with Crippen LogP contribution in [0.15, 0.2) is 17.0 Å². The Kier molecular flexibility index (Phi) is 4.65. The monoisotopic (exact) mass is 314 g/mol. The Labute approximate surface area is 114 Å². The topological polar surface area (TPSA) is 72.2 Å². The van der Waals surface area contributed by atoms with E-state index in [1.54, 1.807) is 4.72 Å². The van der Waals surface area contributed by atoms with E-state index in [0.717, 1.165) is 13.0 Å². The van der Waals surface area contributed by atoms with Crippen LogP contribution in [0, 0.1) is 12.7 Å². The van der Waals surface area contributed by atoms with Crippen molar-refractivity contribution in [3.05, 3.63) is 23.5 Å². The summed E-state index contributed by atoms with van der Waals surface area (Å²) in [7, 11) is -4.41. The van der Waals surface area contributed by atoms with Crippen LogP contribution in [0.1, 0.15) is 18.9 Å². The van der Waals surface area contributed by atoms with E-state index >= 15 is 0 Å². The first-order valence-electron chi connectivity index (χ1n) is 5.57. The van der Waals surface area contributed by atoms with E-state index in [2.05, 4.69) is 0 Å². The van der Waals surface area contributed by atoms with Crippen molar-refractivity contribution in [2.45, 2.75) is 37.4 Å². The summed E-state index contributed by atoms with van der Waals surface area (Å²) in [5, 5.41) is 0. The van der Waals surface area contributed by atoms with Gasteiger partial charge in [0.2, 0.25) is 10.0 Å². The molecule has 3 N–H and O–H groups in total. The Balaban J connectivity index is 3.06. The number of nitrogens with two attached hydrogens (primary N) is 1. The molecule has 0 amide bonds. The van der Waals surface area contributed by atoms with E-state index in [0.29, 0.717) is 0 Å². The molecule has 0 bridgehead atoms. The molecule has 0 saturated carbocycles. The largest absolute Gasteiger partial charge is 0.399 e. The summed E-state index contributed by atoms with van der Waals surface area (Å²) in [6.45, 7) is 2.35. The number of aryl methyl sites for hydroxylation is 1. The van der Waals surface area contributed by atoms with Crippen LogP contribution < -0.4 is 10.5 Å². The maximum absolute atomic E-state index is 13.8. The number of hydrogen-bond acceptors (Lipinski definition) is 3. The van der Waals surface area contributed by atoms with Crippen LogP contribution in [0.2, 0.25) is 0 Å². The molecular formula is C11H14F4N2O2S. The van der Waals surface area contributed by atoms with Crippen molar-refractivity contribution in [3.8, 4) is 0 Å². The van der Waals surface area contributed by atoms with Gasteiger partial charge in [0, 0.05) is 11.7 Å². The second kappa shape index (κ2) is 5.57. The Hall–Kier alpha value is -1.35. The molecule has 20 heavy (non-hydrogen) atoms. The quantitative estimate of drug-likeness (QED) is 0.662. The van der Waals surface area contributed by atoms with Crippen molar-refractivity contribution in [1.29, 1.82) is 0 Å². The summed E-state index contributed by atoms with van der Waals surface area (Å²) >= 11 is 0. The van der Waals surface area contributed by atoms with Crippen LogP contribution in [0.3, 0.4) is 0 Å². The van der Waals surface area contributed by atoms with Gasteiger partial charge in [-0.1, -0.05) is 0 Å². The Morgan fingerprint density at radius 1 is 1.35 bits per heavy atom. The predicted molar refractivity (Wildman–Crippen MR) is 66.0 cm³/mol. The molecule has 0 aliphatic carbocycles. The standard InChI is InChI=1S/C11H14F4N2O2S/c1-6-3-8(16)4-9(10(6)12)20(18,19)17-7(2)5-11(13,14)15/h3-4,7,17H,5,16H2,1-2H3. The molecule has 1 aromatic rings. The zero-order valence-corrected chi connectivity index (χ0v) is 11.6. The number of nitrogens with one attached hydrogen (secondary N) is 1. The average Bonchev–Trinajstić information content (AvgIpc) is 2.19. The zero-order valence-electron chi connectivity index (χ0n) is 10.8. The maximum atomic E-state index is 13.8. The Morgan fingerprint density at radius 3 is 2.40 bits per heavy atom. The van der Waals surface area contributed by atoms with Crippen LogP contribution in [-0.4, -0.2) is 20.6 Å². The van der Waals surface area contributed by atoms with E-state index in [1.807, 2.05) is 0 Å². The number of anilines is 1. The number of halogens is 4. The summed E-state index contributed by atoms with van der Waals surface area (Å²) in [4.78, 5) is -0.760. The number of rotatable bonds is 4. The number of benzene rings is 1. The molecule has 0 radical (unpaired) electrons. The lowest BCUT2D eigenvalue weighted by molar-refractivity contribution is -0.137. The van der Waals surface area contributed by atoms with Gasteiger partial charge in [-0.3, -0.25) is 0 Å². The van der Waals surface area contributed by atoms with Crippen LogP contribution in [-0.2, 0) is 10.0 Å². The van der Waals surface area contributed by atoms with E-state index in [1.165, 1.54) is 13.0 Å². The van der Waals surface area contributed by atoms with Gasteiger partial charge in [0.1, 0.15) is 10.7 Å². The molecule has 0 aromatic heterocycles. The minimum atomic E-state index is -4.52. The summed E-state index contributed by atoms with van der Waals surface area (Å²) < 4.78 is 75.8. The molecule has 0 aliphatic heterocycles. The van der Waals surface area contributed by atoms with E-state index in [4.69, 9.17) is 5.73 Å². The van der Waals surface area contributed by atoms with Crippen molar-refractivity contribution >= 4 is 15.7 Å². The molecular weight excluding hydrogens is 300 g/mol. The maximum Gasteiger partial charge on any atom is 0.390 e. The lowest BCUT2D eigenvalue weighted by Crippen LogP contribution is -2.36. The SMILES string of the molecule is Cc1cc(N)cc(S(=O)(=O)NC(C)CC(F)(F)F)c1F. The van der Waals surface area contributed by atoms with Crippen molar-refractivity contribution in [3.63, 3.8) is 0 Å². The van der Waals surface area contributed by atoms with Crippen molar-refractivity contribution in [1.82, 2.24) is 4.72 Å². The van der Waals surface area contributed by atoms with Crippen LogP contribution in [0.25, 0.3) is 0 Å². The third-order valence-electron chi connectivity index (χ3n) is 2.43. The van der Waals surface area contributed by atoms with Crippen LogP contribution >= 0.6 is 0 Å². The van der Waals surface area contributed by atoms with E-state index in [9.17, 15) is 26.0 Å². The second-order valence-corrected chi connectivity index (χ2v) is 6.17. The van der Waals surface area contributed by atoms with Gasteiger partial charge in [-0.2, -0.15) is 13.2 Å². The molecule has 1 atom stereocenters. The number of alkyl halides is 3. The van der Waals surface area contributed by atoms with Gasteiger partial charge < -0.3 is 5.73 Å². The fourth-order valence-electron chi connectivity index (χ4n) is 1.68. The molecule has 0 saturated heterocycles. The first-order valence-corrected chi connectivity index (χ1v) is 7.05. The van der Waals surface area contributed by atoms with Crippen molar-refractivity contribution in [2.75, 3.05) is 5.73 Å². The van der Waals surface area contributed by atoms with Gasteiger partial charge in [0.25, 0.3) is 0 Å².